The highest BCUT2D eigenvalue weighted by Gasteiger charge is 2.25. The third kappa shape index (κ3) is 4.20. The highest BCUT2D eigenvalue weighted by molar-refractivity contribution is 7.89. The van der Waals surface area contributed by atoms with Crippen molar-refractivity contribution in [2.24, 2.45) is 0 Å². The maximum Gasteiger partial charge on any atom is 0.265 e. The smallest absolute Gasteiger partial charge is 0.265 e. The predicted octanol–water partition coefficient (Wildman–Crippen LogP) is 1.94. The van der Waals surface area contributed by atoms with E-state index in [2.05, 4.69) is 10.0 Å². The molecular weight excluding hydrogens is 384 g/mol. The van der Waals surface area contributed by atoms with E-state index in [-0.39, 0.29) is 17.3 Å². The van der Waals surface area contributed by atoms with Crippen LogP contribution in [0.15, 0.2) is 41.3 Å². The summed E-state index contributed by atoms with van der Waals surface area (Å²) in [5, 5.41) is 2.65. The van der Waals surface area contributed by atoms with Crippen LogP contribution < -0.4 is 24.2 Å². The SMILES string of the molecule is COc1ccc(CCNS(=O)(=O)c2ccc3c(c2)NC(=O)C(C)O3)cc1OC. The number of nitrogens with one attached hydrogen (secondary N) is 2. The van der Waals surface area contributed by atoms with Crippen molar-refractivity contribution < 1.29 is 27.4 Å². The van der Waals surface area contributed by atoms with E-state index in [0.29, 0.717) is 29.4 Å². The van der Waals surface area contributed by atoms with Crippen molar-refractivity contribution in [3.05, 3.63) is 42.0 Å². The summed E-state index contributed by atoms with van der Waals surface area (Å²) in [6.45, 7) is 1.83. The monoisotopic (exact) mass is 406 g/mol. The maximum atomic E-state index is 12.6. The molecule has 0 bridgehead atoms. The zero-order chi connectivity index (χ0) is 20.3. The molecule has 9 heteroatoms. The summed E-state index contributed by atoms with van der Waals surface area (Å²) in [6, 6.07) is 9.80. The number of ether oxygens (including phenoxy) is 3. The van der Waals surface area contributed by atoms with Gasteiger partial charge in [0, 0.05) is 6.54 Å². The molecule has 1 heterocycles. The second-order valence-electron chi connectivity index (χ2n) is 6.24. The van der Waals surface area contributed by atoms with Crippen molar-refractivity contribution >= 4 is 21.6 Å². The lowest BCUT2D eigenvalue weighted by atomic mass is 10.1. The normalized spacial score (nSPS) is 16.0. The molecule has 150 valence electrons. The Morgan fingerprint density at radius 1 is 1.11 bits per heavy atom. The van der Waals surface area contributed by atoms with Crippen molar-refractivity contribution in [3.63, 3.8) is 0 Å². The van der Waals surface area contributed by atoms with Crippen LogP contribution in [0, 0.1) is 0 Å². The first-order chi connectivity index (χ1) is 13.3. The summed E-state index contributed by atoms with van der Waals surface area (Å²) in [5.74, 6) is 1.32. The largest absolute Gasteiger partial charge is 0.493 e. The zero-order valence-corrected chi connectivity index (χ0v) is 16.6. The van der Waals surface area contributed by atoms with Gasteiger partial charge in [-0.1, -0.05) is 6.07 Å². The molecule has 1 unspecified atom stereocenters. The molecule has 2 N–H and O–H groups in total. The van der Waals surface area contributed by atoms with Crippen LogP contribution in [-0.2, 0) is 21.2 Å². The summed E-state index contributed by atoms with van der Waals surface area (Å²) in [4.78, 5) is 11.8. The molecule has 0 radical (unpaired) electrons. The van der Waals surface area contributed by atoms with Crippen LogP contribution in [0.1, 0.15) is 12.5 Å². The van der Waals surface area contributed by atoms with Crippen LogP contribution in [0.3, 0.4) is 0 Å². The van der Waals surface area contributed by atoms with Gasteiger partial charge in [-0.3, -0.25) is 4.79 Å². The minimum atomic E-state index is -3.74. The standard InChI is InChI=1S/C19H22N2O6S/c1-12-19(22)21-15-11-14(5-7-16(15)27-12)28(23,24)20-9-8-13-4-6-17(25-2)18(10-13)26-3/h4-7,10-12,20H,8-9H2,1-3H3,(H,21,22). The molecule has 0 saturated heterocycles. The molecule has 0 spiro atoms. The number of hydrogen-bond acceptors (Lipinski definition) is 6. The molecule has 1 aliphatic heterocycles. The van der Waals surface area contributed by atoms with Gasteiger partial charge < -0.3 is 19.5 Å². The summed E-state index contributed by atoms with van der Waals surface area (Å²) >= 11 is 0. The van der Waals surface area contributed by atoms with Crippen LogP contribution in [0.4, 0.5) is 5.69 Å². The molecule has 1 atom stereocenters. The molecule has 2 aromatic rings. The lowest BCUT2D eigenvalue weighted by Crippen LogP contribution is -2.34. The Morgan fingerprint density at radius 3 is 2.57 bits per heavy atom. The number of carbonyl (C=O) groups excluding carboxylic acids is 1. The molecular formula is C19H22N2O6S. The molecule has 0 saturated carbocycles. The molecule has 0 aliphatic carbocycles. The second kappa shape index (κ2) is 8.07. The van der Waals surface area contributed by atoms with Gasteiger partial charge in [-0.25, -0.2) is 13.1 Å². The van der Waals surface area contributed by atoms with Crippen LogP contribution in [0.2, 0.25) is 0 Å². The summed E-state index contributed by atoms with van der Waals surface area (Å²) in [7, 11) is -0.637. The molecule has 1 amide bonds. The van der Waals surface area contributed by atoms with E-state index in [1.165, 1.54) is 18.2 Å². The molecule has 8 nitrogen and oxygen atoms in total. The van der Waals surface area contributed by atoms with E-state index >= 15 is 0 Å². The van der Waals surface area contributed by atoms with Crippen LogP contribution in [-0.4, -0.2) is 41.2 Å². The summed E-state index contributed by atoms with van der Waals surface area (Å²) in [5.41, 5.74) is 1.24. The molecule has 0 fully saturated rings. The maximum absolute atomic E-state index is 12.6. The van der Waals surface area contributed by atoms with Crippen LogP contribution >= 0.6 is 0 Å². The Labute approximate surface area is 163 Å². The first-order valence-electron chi connectivity index (χ1n) is 8.66. The summed E-state index contributed by atoms with van der Waals surface area (Å²) in [6.07, 6.45) is -0.142. The Morgan fingerprint density at radius 2 is 1.86 bits per heavy atom. The average Bonchev–Trinajstić information content (AvgIpc) is 2.68. The second-order valence-corrected chi connectivity index (χ2v) is 8.01. The molecule has 2 aromatic carbocycles. The van der Waals surface area contributed by atoms with Crippen molar-refractivity contribution in [1.29, 1.82) is 0 Å². The minimum Gasteiger partial charge on any atom is -0.493 e. The number of benzene rings is 2. The number of fused-ring (bicyclic) bond motifs is 1. The highest BCUT2D eigenvalue weighted by atomic mass is 32.2. The Hall–Kier alpha value is -2.78. The van der Waals surface area contributed by atoms with E-state index in [0.717, 1.165) is 5.56 Å². The van der Waals surface area contributed by atoms with Crippen molar-refractivity contribution in [3.8, 4) is 17.2 Å². The predicted molar refractivity (Wildman–Crippen MR) is 104 cm³/mol. The molecule has 3 rings (SSSR count). The Balaban J connectivity index is 1.68. The number of sulfonamides is 1. The number of amides is 1. The molecule has 28 heavy (non-hydrogen) atoms. The topological polar surface area (TPSA) is 103 Å². The van der Waals surface area contributed by atoms with Gasteiger partial charge in [0.15, 0.2) is 17.6 Å². The van der Waals surface area contributed by atoms with E-state index < -0.39 is 16.1 Å². The zero-order valence-electron chi connectivity index (χ0n) is 15.8. The average molecular weight is 406 g/mol. The van der Waals surface area contributed by atoms with E-state index in [1.54, 1.807) is 33.3 Å². The van der Waals surface area contributed by atoms with Gasteiger partial charge in [-0.2, -0.15) is 0 Å². The van der Waals surface area contributed by atoms with Gasteiger partial charge >= 0.3 is 0 Å². The summed E-state index contributed by atoms with van der Waals surface area (Å²) < 4.78 is 43.6. The minimum absolute atomic E-state index is 0.0528. The van der Waals surface area contributed by atoms with Gasteiger partial charge in [0.05, 0.1) is 24.8 Å². The van der Waals surface area contributed by atoms with Gasteiger partial charge in [0.2, 0.25) is 10.0 Å². The Bertz CT molecular complexity index is 990. The van der Waals surface area contributed by atoms with Crippen molar-refractivity contribution in [2.45, 2.75) is 24.3 Å². The number of rotatable bonds is 7. The fourth-order valence-corrected chi connectivity index (χ4v) is 3.86. The van der Waals surface area contributed by atoms with Gasteiger partial charge in [-0.05, 0) is 49.2 Å². The number of carbonyl (C=O) groups is 1. The van der Waals surface area contributed by atoms with Gasteiger partial charge in [0.25, 0.3) is 5.91 Å². The molecule has 0 aromatic heterocycles. The number of methoxy groups -OCH3 is 2. The first-order valence-corrected chi connectivity index (χ1v) is 10.1. The number of anilines is 1. The van der Waals surface area contributed by atoms with E-state index in [4.69, 9.17) is 14.2 Å². The van der Waals surface area contributed by atoms with Crippen LogP contribution in [0.5, 0.6) is 17.2 Å². The quantitative estimate of drug-likeness (QED) is 0.729. The fraction of sp³-hybridized carbons (Fsp3) is 0.316. The van der Waals surface area contributed by atoms with Crippen LogP contribution in [0.25, 0.3) is 0 Å². The van der Waals surface area contributed by atoms with E-state index in [9.17, 15) is 13.2 Å². The lowest BCUT2D eigenvalue weighted by molar-refractivity contribution is -0.122. The van der Waals surface area contributed by atoms with Gasteiger partial charge in [-0.15, -0.1) is 0 Å². The van der Waals surface area contributed by atoms with Crippen molar-refractivity contribution in [1.82, 2.24) is 4.72 Å². The molecule has 1 aliphatic rings. The Kier molecular flexibility index (Phi) is 5.76. The third-order valence-electron chi connectivity index (χ3n) is 4.35. The van der Waals surface area contributed by atoms with Gasteiger partial charge in [0.1, 0.15) is 5.75 Å². The fourth-order valence-electron chi connectivity index (χ4n) is 2.80. The lowest BCUT2D eigenvalue weighted by Gasteiger charge is -2.23. The first kappa shape index (κ1) is 20.0. The highest BCUT2D eigenvalue weighted by Crippen LogP contribution is 2.32. The third-order valence-corrected chi connectivity index (χ3v) is 5.80. The van der Waals surface area contributed by atoms with E-state index in [1.807, 2.05) is 6.07 Å². The van der Waals surface area contributed by atoms with Crippen molar-refractivity contribution in [2.75, 3.05) is 26.1 Å². The number of hydrogen-bond donors (Lipinski definition) is 2.